The number of piperidine rings is 1. The molecule has 0 radical (unpaired) electrons. The molecule has 0 bridgehead atoms. The summed E-state index contributed by atoms with van der Waals surface area (Å²) < 4.78 is 5.01. The third kappa shape index (κ3) is 4.59. The first-order valence-electron chi connectivity index (χ1n) is 9.78. The molecule has 30 heavy (non-hydrogen) atoms. The van der Waals surface area contributed by atoms with Crippen LogP contribution in [-0.4, -0.2) is 65.7 Å². The van der Waals surface area contributed by atoms with Gasteiger partial charge in [-0.25, -0.2) is 4.79 Å². The summed E-state index contributed by atoms with van der Waals surface area (Å²) in [6.45, 7) is 1.99. The Hall–Kier alpha value is -2.61. The zero-order valence-corrected chi connectivity index (χ0v) is 17.8. The van der Waals surface area contributed by atoms with Crippen LogP contribution < -0.4 is 0 Å². The fraction of sp³-hybridized carbons (Fsp3) is 0.476. The minimum atomic E-state index is -0.835. The molecule has 1 aromatic carbocycles. The van der Waals surface area contributed by atoms with Gasteiger partial charge in [-0.15, -0.1) is 11.8 Å². The molecule has 2 heterocycles. The number of likely N-dealkylation sites (tertiary alicyclic amines) is 2. The number of ether oxygens (including phenoxy) is 1. The number of benzene rings is 1. The van der Waals surface area contributed by atoms with E-state index in [1.54, 1.807) is 6.26 Å². The van der Waals surface area contributed by atoms with Crippen LogP contribution in [0, 0.1) is 16.0 Å². The Morgan fingerprint density at radius 1 is 1.30 bits per heavy atom. The van der Waals surface area contributed by atoms with Crippen LogP contribution in [0.1, 0.15) is 24.3 Å². The highest BCUT2D eigenvalue weighted by molar-refractivity contribution is 8.02. The molecule has 1 aromatic rings. The summed E-state index contributed by atoms with van der Waals surface area (Å²) in [5.41, 5.74) is 1.36. The molecule has 2 aliphatic rings. The van der Waals surface area contributed by atoms with Gasteiger partial charge in [-0.05, 0) is 37.1 Å². The Kier molecular flexibility index (Phi) is 7.31. The van der Waals surface area contributed by atoms with Crippen LogP contribution in [0.2, 0.25) is 0 Å². The molecule has 8 nitrogen and oxygen atoms in total. The fourth-order valence-electron chi connectivity index (χ4n) is 4.44. The average Bonchev–Trinajstić information content (AvgIpc) is 3.26. The van der Waals surface area contributed by atoms with Crippen molar-refractivity contribution in [2.24, 2.45) is 5.92 Å². The van der Waals surface area contributed by atoms with E-state index in [1.807, 2.05) is 24.1 Å². The van der Waals surface area contributed by atoms with Gasteiger partial charge in [0.05, 0.1) is 12.0 Å². The van der Waals surface area contributed by atoms with Crippen LogP contribution in [0.25, 0.3) is 0 Å². The monoisotopic (exact) mass is 431 g/mol. The zero-order chi connectivity index (χ0) is 21.7. The van der Waals surface area contributed by atoms with Crippen molar-refractivity contribution in [2.75, 3.05) is 33.0 Å². The number of nitro groups is 1. The van der Waals surface area contributed by atoms with Crippen molar-refractivity contribution in [3.63, 3.8) is 0 Å². The first-order chi connectivity index (χ1) is 14.5. The summed E-state index contributed by atoms with van der Waals surface area (Å²) in [6, 6.07) is 10.0. The van der Waals surface area contributed by atoms with Gasteiger partial charge in [0.25, 0.3) is 6.20 Å². The number of carbonyl (C=O) groups is 1. The smallest absolute Gasteiger partial charge is 0.317 e. The minimum Gasteiger partial charge on any atom is -0.468 e. The molecule has 0 saturated carbocycles. The second-order valence-corrected chi connectivity index (χ2v) is 8.17. The van der Waals surface area contributed by atoms with E-state index in [4.69, 9.17) is 4.74 Å². The number of esters is 1. The predicted octanol–water partition coefficient (Wildman–Crippen LogP) is 2.49. The number of hydrogen-bond acceptors (Lipinski definition) is 8. The van der Waals surface area contributed by atoms with Gasteiger partial charge < -0.3 is 9.64 Å². The Morgan fingerprint density at radius 2 is 2.03 bits per heavy atom. The number of rotatable bonds is 6. The summed E-state index contributed by atoms with van der Waals surface area (Å²) in [5.74, 6) is 0.900. The molecular weight excluding hydrogens is 406 g/mol. The number of methoxy groups -OCH3 is 1. The highest BCUT2D eigenvalue weighted by atomic mass is 32.2. The van der Waals surface area contributed by atoms with Gasteiger partial charge in [-0.3, -0.25) is 19.8 Å². The summed E-state index contributed by atoms with van der Waals surface area (Å²) in [5, 5.41) is 11.3. The molecule has 0 unspecified atom stereocenters. The third-order valence-corrected chi connectivity index (χ3v) is 6.57. The second kappa shape index (κ2) is 9.93. The Balaban J connectivity index is 1.87. The lowest BCUT2D eigenvalue weighted by molar-refractivity contribution is -0.403. The molecule has 2 fully saturated rings. The molecule has 9 heteroatoms. The minimum absolute atomic E-state index is 0.101. The molecule has 0 spiro atoms. The highest BCUT2D eigenvalue weighted by Crippen LogP contribution is 2.38. The molecule has 2 saturated heterocycles. The van der Waals surface area contributed by atoms with Crippen molar-refractivity contribution in [3.8, 4) is 0 Å². The van der Waals surface area contributed by atoms with Crippen molar-refractivity contribution in [1.82, 2.24) is 9.80 Å². The van der Waals surface area contributed by atoms with E-state index in [2.05, 4.69) is 17.0 Å². The molecule has 0 N–H and O–H groups in total. The second-order valence-electron chi connectivity index (χ2n) is 7.34. The summed E-state index contributed by atoms with van der Waals surface area (Å²) in [7, 11) is 1.29. The normalized spacial score (nSPS) is 25.1. The van der Waals surface area contributed by atoms with Crippen LogP contribution in [0.5, 0.6) is 0 Å². The highest BCUT2D eigenvalue weighted by Gasteiger charge is 2.45. The van der Waals surface area contributed by atoms with E-state index in [-0.39, 0.29) is 11.7 Å². The molecule has 3 atom stereocenters. The van der Waals surface area contributed by atoms with Gasteiger partial charge in [0.2, 0.25) is 0 Å². The van der Waals surface area contributed by atoms with E-state index >= 15 is 0 Å². The van der Waals surface area contributed by atoms with E-state index < -0.39 is 16.8 Å². The standard InChI is InChI=1S/C21H25N3O5S/c1-29-21(26)20-17(22-10-8-16(12-22)15-6-4-3-5-7-15)9-11-23(18(20)14-25)19(30-2)13-24(27)28/h3-7,13,16-17,20H,8-12H2,1-2H3/t16-,17-,20+/m0/s1. The largest absolute Gasteiger partial charge is 0.468 e. The summed E-state index contributed by atoms with van der Waals surface area (Å²) in [4.78, 5) is 38.8. The molecule has 3 rings (SSSR count). The maximum atomic E-state index is 12.7. The first kappa shape index (κ1) is 22.1. The summed E-state index contributed by atoms with van der Waals surface area (Å²) >= 11 is 1.16. The predicted molar refractivity (Wildman–Crippen MR) is 114 cm³/mol. The number of hydrogen-bond donors (Lipinski definition) is 0. The van der Waals surface area contributed by atoms with Gasteiger partial charge in [0.15, 0.2) is 0 Å². The molecule has 0 amide bonds. The van der Waals surface area contributed by atoms with Crippen LogP contribution in [-0.2, 0) is 14.3 Å². The van der Waals surface area contributed by atoms with Crippen molar-refractivity contribution in [1.29, 1.82) is 0 Å². The lowest BCUT2D eigenvalue weighted by atomic mass is 9.88. The zero-order valence-electron chi connectivity index (χ0n) is 17.0. The SMILES string of the molecule is COC(=O)[C@H]1C(=C=O)N(C(=C[N+](=O)[O-])SC)CC[C@@H]1N1CC[C@H](c2ccccc2)C1. The maximum absolute atomic E-state index is 12.7. The quantitative estimate of drug-likeness (QED) is 0.294. The molecular formula is C21H25N3O5S. The fourth-order valence-corrected chi connectivity index (χ4v) is 5.05. The van der Waals surface area contributed by atoms with E-state index in [0.717, 1.165) is 37.5 Å². The van der Waals surface area contributed by atoms with Gasteiger partial charge in [0, 0.05) is 19.1 Å². The topological polar surface area (TPSA) is 93.0 Å². The maximum Gasteiger partial charge on any atom is 0.317 e. The third-order valence-electron chi connectivity index (χ3n) is 5.83. The molecule has 160 valence electrons. The van der Waals surface area contributed by atoms with Crippen molar-refractivity contribution >= 4 is 23.7 Å². The lowest BCUT2D eigenvalue weighted by Gasteiger charge is -2.42. The van der Waals surface area contributed by atoms with Gasteiger partial charge in [-0.1, -0.05) is 30.3 Å². The Bertz CT molecular complexity index is 869. The Morgan fingerprint density at radius 3 is 2.63 bits per heavy atom. The van der Waals surface area contributed by atoms with Gasteiger partial charge in [-0.2, -0.15) is 0 Å². The first-order valence-corrected chi connectivity index (χ1v) is 11.0. The molecule has 2 aliphatic heterocycles. The lowest BCUT2D eigenvalue weighted by Crippen LogP contribution is -2.52. The van der Waals surface area contributed by atoms with E-state index in [9.17, 15) is 19.7 Å². The van der Waals surface area contributed by atoms with E-state index in [0.29, 0.717) is 23.9 Å². The average molecular weight is 432 g/mol. The number of carbonyl (C=O) groups excluding carboxylic acids is 2. The molecule has 0 aliphatic carbocycles. The van der Waals surface area contributed by atoms with Crippen LogP contribution in [0.4, 0.5) is 0 Å². The van der Waals surface area contributed by atoms with E-state index in [1.165, 1.54) is 17.6 Å². The van der Waals surface area contributed by atoms with Crippen molar-refractivity contribution in [2.45, 2.75) is 24.8 Å². The van der Waals surface area contributed by atoms with Crippen LogP contribution >= 0.6 is 11.8 Å². The van der Waals surface area contributed by atoms with Crippen molar-refractivity contribution in [3.05, 3.63) is 62.9 Å². The number of thioether (sulfide) groups is 1. The summed E-state index contributed by atoms with van der Waals surface area (Å²) in [6.07, 6.45) is 4.11. The van der Waals surface area contributed by atoms with Crippen LogP contribution in [0.3, 0.4) is 0 Å². The Labute approximate surface area is 179 Å². The van der Waals surface area contributed by atoms with Crippen LogP contribution in [0.15, 0.2) is 47.3 Å². The van der Waals surface area contributed by atoms with Gasteiger partial charge >= 0.3 is 5.97 Å². The van der Waals surface area contributed by atoms with Gasteiger partial charge in [0.1, 0.15) is 22.6 Å². The molecule has 0 aromatic heterocycles. The number of nitrogens with zero attached hydrogens (tertiary/aromatic N) is 3. The van der Waals surface area contributed by atoms with Crippen molar-refractivity contribution < 1.29 is 19.2 Å².